The molecule has 3 fully saturated rings. The smallest absolute Gasteiger partial charge is 0.257 e. The first-order chi connectivity index (χ1) is 14.5. The first kappa shape index (κ1) is 21.4. The Labute approximate surface area is 180 Å². The molecule has 2 saturated heterocycles. The Bertz CT molecular complexity index is 721. The SMILES string of the molecule is C[C@@H]1CCC[C@@H](C)N1C(=O)c1cn[nH]c1C1CCN(C(=O)CC2CCCCC2)CC1. The predicted octanol–water partition coefficient (Wildman–Crippen LogP) is 4.49. The summed E-state index contributed by atoms with van der Waals surface area (Å²) in [5.74, 6) is 1.32. The summed E-state index contributed by atoms with van der Waals surface area (Å²) in [6.07, 6.45) is 13.9. The lowest BCUT2D eigenvalue weighted by atomic mass is 9.86. The van der Waals surface area contributed by atoms with Gasteiger partial charge in [0.15, 0.2) is 0 Å². The van der Waals surface area contributed by atoms with Crippen LogP contribution >= 0.6 is 0 Å². The molecular formula is C24H38N4O2. The molecule has 0 spiro atoms. The third-order valence-corrected chi connectivity index (χ3v) is 7.77. The number of likely N-dealkylation sites (tertiary alicyclic amines) is 2. The summed E-state index contributed by atoms with van der Waals surface area (Å²) in [6, 6.07) is 0.562. The van der Waals surface area contributed by atoms with E-state index in [4.69, 9.17) is 0 Å². The Morgan fingerprint density at radius 3 is 2.30 bits per heavy atom. The number of hydrogen-bond acceptors (Lipinski definition) is 3. The van der Waals surface area contributed by atoms with E-state index in [1.807, 2.05) is 0 Å². The predicted molar refractivity (Wildman–Crippen MR) is 117 cm³/mol. The molecule has 1 aliphatic carbocycles. The largest absolute Gasteiger partial charge is 0.343 e. The van der Waals surface area contributed by atoms with E-state index in [0.29, 0.717) is 11.8 Å². The highest BCUT2D eigenvalue weighted by atomic mass is 16.2. The molecule has 6 nitrogen and oxygen atoms in total. The average molecular weight is 415 g/mol. The second kappa shape index (κ2) is 9.52. The van der Waals surface area contributed by atoms with Gasteiger partial charge in [0.25, 0.3) is 5.91 Å². The van der Waals surface area contributed by atoms with Crippen molar-refractivity contribution in [2.75, 3.05) is 13.1 Å². The zero-order valence-electron chi connectivity index (χ0n) is 18.7. The molecule has 1 aromatic heterocycles. The molecule has 0 radical (unpaired) electrons. The van der Waals surface area contributed by atoms with Gasteiger partial charge in [0.1, 0.15) is 0 Å². The molecule has 0 unspecified atom stereocenters. The Hall–Kier alpha value is -1.85. The summed E-state index contributed by atoms with van der Waals surface area (Å²) in [5, 5.41) is 7.38. The maximum absolute atomic E-state index is 13.3. The molecule has 2 amide bonds. The minimum atomic E-state index is 0.120. The van der Waals surface area contributed by atoms with E-state index >= 15 is 0 Å². The maximum atomic E-state index is 13.3. The third-order valence-electron chi connectivity index (χ3n) is 7.77. The minimum absolute atomic E-state index is 0.120. The summed E-state index contributed by atoms with van der Waals surface area (Å²) in [4.78, 5) is 30.2. The quantitative estimate of drug-likeness (QED) is 0.789. The highest BCUT2D eigenvalue weighted by molar-refractivity contribution is 5.95. The van der Waals surface area contributed by atoms with Crippen LogP contribution in [-0.2, 0) is 4.79 Å². The zero-order valence-corrected chi connectivity index (χ0v) is 18.7. The van der Waals surface area contributed by atoms with Gasteiger partial charge in [0, 0.05) is 37.5 Å². The van der Waals surface area contributed by atoms with Crippen LogP contribution in [-0.4, -0.2) is 57.0 Å². The summed E-state index contributed by atoms with van der Waals surface area (Å²) in [7, 11) is 0. The first-order valence-corrected chi connectivity index (χ1v) is 12.2. The summed E-state index contributed by atoms with van der Waals surface area (Å²) in [6.45, 7) is 5.90. The molecule has 2 atom stereocenters. The van der Waals surface area contributed by atoms with Crippen LogP contribution in [0.2, 0.25) is 0 Å². The number of hydrogen-bond donors (Lipinski definition) is 1. The van der Waals surface area contributed by atoms with E-state index in [1.54, 1.807) is 6.20 Å². The normalized spacial score (nSPS) is 26.7. The molecule has 30 heavy (non-hydrogen) atoms. The fourth-order valence-corrected chi connectivity index (χ4v) is 5.92. The number of amides is 2. The molecule has 0 bridgehead atoms. The van der Waals surface area contributed by atoms with Crippen LogP contribution in [0.3, 0.4) is 0 Å². The first-order valence-electron chi connectivity index (χ1n) is 12.2. The fraction of sp³-hybridized carbons (Fsp3) is 0.792. The van der Waals surface area contributed by atoms with Crippen LogP contribution in [0.25, 0.3) is 0 Å². The van der Waals surface area contributed by atoms with Gasteiger partial charge in [-0.3, -0.25) is 14.7 Å². The van der Waals surface area contributed by atoms with Gasteiger partial charge < -0.3 is 9.80 Å². The molecule has 1 aromatic rings. The number of nitrogens with one attached hydrogen (secondary N) is 1. The van der Waals surface area contributed by atoms with Crippen molar-refractivity contribution in [2.45, 2.75) is 102 Å². The van der Waals surface area contributed by atoms with E-state index in [0.717, 1.165) is 56.5 Å². The average Bonchev–Trinajstić information content (AvgIpc) is 3.24. The fourth-order valence-electron chi connectivity index (χ4n) is 5.92. The monoisotopic (exact) mass is 414 g/mol. The van der Waals surface area contributed by atoms with Crippen molar-refractivity contribution in [3.63, 3.8) is 0 Å². The van der Waals surface area contributed by atoms with Crippen LogP contribution in [0.1, 0.15) is 106 Å². The number of carbonyl (C=O) groups excluding carboxylic acids is 2. The molecule has 6 heteroatoms. The van der Waals surface area contributed by atoms with E-state index in [2.05, 4.69) is 33.8 Å². The standard InChI is InChI=1S/C24H38N4O2/c1-17-7-6-8-18(2)28(17)24(30)21-16-25-26-23(21)20-11-13-27(14-12-20)22(29)15-19-9-4-3-5-10-19/h16-20H,3-15H2,1-2H3,(H,25,26)/t17-,18-/m1/s1. The highest BCUT2D eigenvalue weighted by Crippen LogP contribution is 2.33. The van der Waals surface area contributed by atoms with Crippen LogP contribution < -0.4 is 0 Å². The number of nitrogens with zero attached hydrogens (tertiary/aromatic N) is 3. The lowest BCUT2D eigenvalue weighted by molar-refractivity contribution is -0.133. The summed E-state index contributed by atoms with van der Waals surface area (Å²) >= 11 is 0. The molecule has 4 rings (SSSR count). The van der Waals surface area contributed by atoms with Crippen molar-refractivity contribution >= 4 is 11.8 Å². The van der Waals surface area contributed by atoms with Crippen LogP contribution in [0.5, 0.6) is 0 Å². The van der Waals surface area contributed by atoms with Gasteiger partial charge in [0.05, 0.1) is 17.5 Å². The molecule has 2 aliphatic heterocycles. The highest BCUT2D eigenvalue weighted by Gasteiger charge is 2.34. The number of aromatic amines is 1. The van der Waals surface area contributed by atoms with Crippen molar-refractivity contribution in [1.29, 1.82) is 0 Å². The topological polar surface area (TPSA) is 69.3 Å². The van der Waals surface area contributed by atoms with Gasteiger partial charge in [-0.2, -0.15) is 5.10 Å². The van der Waals surface area contributed by atoms with E-state index in [1.165, 1.54) is 38.5 Å². The maximum Gasteiger partial charge on any atom is 0.257 e. The van der Waals surface area contributed by atoms with Gasteiger partial charge in [-0.25, -0.2) is 0 Å². The summed E-state index contributed by atoms with van der Waals surface area (Å²) in [5.41, 5.74) is 1.71. The Balaban J connectivity index is 1.36. The van der Waals surface area contributed by atoms with Crippen LogP contribution in [0, 0.1) is 5.92 Å². The molecule has 0 aromatic carbocycles. The van der Waals surface area contributed by atoms with Crippen molar-refractivity contribution in [2.24, 2.45) is 5.92 Å². The van der Waals surface area contributed by atoms with Crippen LogP contribution in [0.15, 0.2) is 6.20 Å². The van der Waals surface area contributed by atoms with Crippen molar-refractivity contribution in [3.8, 4) is 0 Å². The van der Waals surface area contributed by atoms with Crippen LogP contribution in [0.4, 0.5) is 0 Å². The Kier molecular flexibility index (Phi) is 6.79. The molecule has 166 valence electrons. The number of carbonyl (C=O) groups is 2. The molecular weight excluding hydrogens is 376 g/mol. The van der Waals surface area contributed by atoms with Gasteiger partial charge >= 0.3 is 0 Å². The lowest BCUT2D eigenvalue weighted by Crippen LogP contribution is -2.47. The second-order valence-electron chi connectivity index (χ2n) is 9.90. The third kappa shape index (κ3) is 4.57. The Morgan fingerprint density at radius 1 is 0.967 bits per heavy atom. The molecule has 3 heterocycles. The van der Waals surface area contributed by atoms with E-state index in [-0.39, 0.29) is 23.9 Å². The van der Waals surface area contributed by atoms with Crippen molar-refractivity contribution < 1.29 is 9.59 Å². The van der Waals surface area contributed by atoms with Gasteiger partial charge in [0.2, 0.25) is 5.91 Å². The Morgan fingerprint density at radius 2 is 1.63 bits per heavy atom. The number of piperidine rings is 2. The van der Waals surface area contributed by atoms with Gasteiger partial charge in [-0.05, 0) is 64.7 Å². The molecule has 1 saturated carbocycles. The van der Waals surface area contributed by atoms with Gasteiger partial charge in [-0.15, -0.1) is 0 Å². The number of rotatable bonds is 4. The van der Waals surface area contributed by atoms with Crippen molar-refractivity contribution in [3.05, 3.63) is 17.5 Å². The zero-order chi connectivity index (χ0) is 21.1. The summed E-state index contributed by atoms with van der Waals surface area (Å²) < 4.78 is 0. The van der Waals surface area contributed by atoms with Gasteiger partial charge in [-0.1, -0.05) is 19.3 Å². The van der Waals surface area contributed by atoms with Crippen molar-refractivity contribution in [1.82, 2.24) is 20.0 Å². The number of H-pyrrole nitrogens is 1. The van der Waals surface area contributed by atoms with E-state index in [9.17, 15) is 9.59 Å². The lowest BCUT2D eigenvalue weighted by Gasteiger charge is -2.39. The molecule has 3 aliphatic rings. The second-order valence-corrected chi connectivity index (χ2v) is 9.90. The van der Waals surface area contributed by atoms with E-state index < -0.39 is 0 Å². The minimum Gasteiger partial charge on any atom is -0.343 e. The number of aromatic nitrogens is 2. The molecule has 1 N–H and O–H groups in total.